The summed E-state index contributed by atoms with van der Waals surface area (Å²) in [5.41, 5.74) is 0. The van der Waals surface area contributed by atoms with Crippen molar-refractivity contribution in [2.45, 2.75) is 77.3 Å². The zero-order chi connectivity index (χ0) is 15.3. The lowest BCUT2D eigenvalue weighted by molar-refractivity contribution is -0.130. The summed E-state index contributed by atoms with van der Waals surface area (Å²) in [6, 6.07) is 0.0383. The van der Waals surface area contributed by atoms with E-state index in [2.05, 4.69) is 51.1 Å². The van der Waals surface area contributed by atoms with Crippen LogP contribution < -0.4 is 5.32 Å². The van der Waals surface area contributed by atoms with Crippen LogP contribution in [0, 0.1) is 5.92 Å². The van der Waals surface area contributed by atoms with E-state index in [1.807, 2.05) is 11.8 Å². The first-order valence-corrected chi connectivity index (χ1v) is 9.15. The van der Waals surface area contributed by atoms with Gasteiger partial charge in [-0.25, -0.2) is 0 Å². The molecule has 1 aliphatic heterocycles. The molecule has 1 saturated heterocycles. The molecule has 20 heavy (non-hydrogen) atoms. The molecule has 1 aliphatic rings. The van der Waals surface area contributed by atoms with E-state index in [0.29, 0.717) is 11.8 Å². The Kier molecular flexibility index (Phi) is 6.86. The molecular weight excluding hydrogens is 268 g/mol. The van der Waals surface area contributed by atoms with E-state index in [-0.39, 0.29) is 17.0 Å². The summed E-state index contributed by atoms with van der Waals surface area (Å²) in [7, 11) is 0. The fourth-order valence-electron chi connectivity index (χ4n) is 2.67. The van der Waals surface area contributed by atoms with E-state index in [9.17, 15) is 4.79 Å². The first-order chi connectivity index (χ1) is 9.30. The maximum absolute atomic E-state index is 12.7. The zero-order valence-corrected chi connectivity index (χ0v) is 14.8. The van der Waals surface area contributed by atoms with Crippen molar-refractivity contribution in [3.05, 3.63) is 0 Å². The van der Waals surface area contributed by atoms with Crippen LogP contribution in [-0.4, -0.2) is 40.6 Å². The maximum Gasteiger partial charge on any atom is 0.241 e. The molecule has 2 unspecified atom stereocenters. The monoisotopic (exact) mass is 300 g/mol. The number of nitrogens with one attached hydrogen (secondary N) is 1. The van der Waals surface area contributed by atoms with E-state index < -0.39 is 0 Å². The third kappa shape index (κ3) is 4.96. The highest BCUT2D eigenvalue weighted by Gasteiger charge is 2.40. The molecule has 1 N–H and O–H groups in total. The molecule has 1 fully saturated rings. The smallest absolute Gasteiger partial charge is 0.241 e. The number of nitrogens with zero attached hydrogens (tertiary/aromatic N) is 1. The van der Waals surface area contributed by atoms with Crippen LogP contribution in [0.15, 0.2) is 0 Å². The van der Waals surface area contributed by atoms with Crippen LogP contribution in [0.25, 0.3) is 0 Å². The Morgan fingerprint density at radius 1 is 1.40 bits per heavy atom. The highest BCUT2D eigenvalue weighted by Crippen LogP contribution is 2.28. The molecule has 0 bridgehead atoms. The molecule has 4 heteroatoms. The molecule has 0 spiro atoms. The van der Waals surface area contributed by atoms with Gasteiger partial charge in [0.2, 0.25) is 5.91 Å². The molecule has 118 valence electrons. The van der Waals surface area contributed by atoms with Crippen LogP contribution in [0.5, 0.6) is 0 Å². The van der Waals surface area contributed by atoms with Crippen molar-refractivity contribution in [3.63, 3.8) is 0 Å². The van der Waals surface area contributed by atoms with Crippen LogP contribution in [-0.2, 0) is 4.79 Å². The number of unbranched alkanes of at least 4 members (excludes halogenated alkanes) is 1. The second-order valence-corrected chi connectivity index (χ2v) is 8.45. The Hall–Kier alpha value is -0.220. The molecule has 0 saturated carbocycles. The van der Waals surface area contributed by atoms with Crippen LogP contribution in [0.3, 0.4) is 0 Å². The molecular formula is C16H32N2OS. The molecule has 1 rings (SSSR count). The zero-order valence-electron chi connectivity index (χ0n) is 14.0. The van der Waals surface area contributed by atoms with Crippen molar-refractivity contribution >= 4 is 17.7 Å². The van der Waals surface area contributed by atoms with Crippen LogP contribution >= 0.6 is 11.8 Å². The topological polar surface area (TPSA) is 32.3 Å². The van der Waals surface area contributed by atoms with Crippen molar-refractivity contribution in [2.24, 2.45) is 5.92 Å². The number of carbonyl (C=O) groups is 1. The largest absolute Gasteiger partial charge is 0.324 e. The van der Waals surface area contributed by atoms with E-state index >= 15 is 0 Å². The van der Waals surface area contributed by atoms with Crippen molar-refractivity contribution < 1.29 is 4.79 Å². The van der Waals surface area contributed by atoms with Gasteiger partial charge < -0.3 is 4.90 Å². The summed E-state index contributed by atoms with van der Waals surface area (Å²) in [6.45, 7) is 11.9. The molecule has 1 amide bonds. The Morgan fingerprint density at radius 2 is 2.05 bits per heavy atom. The Bertz CT molecular complexity index is 318. The van der Waals surface area contributed by atoms with Crippen molar-refractivity contribution in [3.8, 4) is 0 Å². The third-order valence-corrected chi connectivity index (χ3v) is 5.23. The molecule has 0 aromatic rings. The van der Waals surface area contributed by atoms with Crippen LogP contribution in [0.4, 0.5) is 0 Å². The van der Waals surface area contributed by atoms with Gasteiger partial charge in [0.1, 0.15) is 0 Å². The second-order valence-electron chi connectivity index (χ2n) is 6.94. The fraction of sp³-hybridized carbons (Fsp3) is 0.938. The third-order valence-electron chi connectivity index (χ3n) is 4.00. The fourth-order valence-corrected chi connectivity index (χ4v) is 2.94. The Labute approximate surface area is 129 Å². The lowest BCUT2D eigenvalue weighted by Gasteiger charge is -2.33. The first kappa shape index (κ1) is 17.8. The van der Waals surface area contributed by atoms with Gasteiger partial charge in [0.15, 0.2) is 0 Å². The molecule has 1 heterocycles. The molecule has 0 aliphatic carbocycles. The minimum Gasteiger partial charge on any atom is -0.324 e. The van der Waals surface area contributed by atoms with E-state index in [1.54, 1.807) is 0 Å². The van der Waals surface area contributed by atoms with Gasteiger partial charge in [-0.2, -0.15) is 11.8 Å². The van der Waals surface area contributed by atoms with Crippen LogP contribution in [0.2, 0.25) is 0 Å². The first-order valence-electron chi connectivity index (χ1n) is 7.92. The molecule has 0 radical (unpaired) electrons. The normalized spacial score (nSPS) is 23.9. The van der Waals surface area contributed by atoms with Gasteiger partial charge >= 0.3 is 0 Å². The standard InChI is InChI=1S/C16H32N2OS/c1-7-8-9-13-15(19)18(11-16(4,5)20-6)14(17-13)10-12(2)3/h12-14,17H,7-11H2,1-6H3. The second kappa shape index (κ2) is 7.69. The number of amides is 1. The highest BCUT2D eigenvalue weighted by atomic mass is 32.2. The lowest BCUT2D eigenvalue weighted by atomic mass is 10.1. The van der Waals surface area contributed by atoms with Gasteiger partial charge in [0.05, 0.1) is 12.2 Å². The minimum absolute atomic E-state index is 0.0383. The Balaban J connectivity index is 2.76. The summed E-state index contributed by atoms with van der Waals surface area (Å²) in [5.74, 6) is 0.913. The van der Waals surface area contributed by atoms with E-state index in [0.717, 1.165) is 32.2 Å². The van der Waals surface area contributed by atoms with Gasteiger partial charge in [-0.3, -0.25) is 10.1 Å². The van der Waals surface area contributed by atoms with Crippen molar-refractivity contribution in [1.29, 1.82) is 0 Å². The summed E-state index contributed by atoms with van der Waals surface area (Å²) in [4.78, 5) is 14.7. The summed E-state index contributed by atoms with van der Waals surface area (Å²) in [6.07, 6.45) is 6.63. The van der Waals surface area contributed by atoms with Gasteiger partial charge in [-0.05, 0) is 38.9 Å². The SMILES string of the molecule is CCCCC1NC(CC(C)C)N(CC(C)(C)SC)C1=O. The number of carbonyl (C=O) groups excluding carboxylic acids is 1. The quantitative estimate of drug-likeness (QED) is 0.745. The molecule has 3 nitrogen and oxygen atoms in total. The summed E-state index contributed by atoms with van der Waals surface area (Å²) >= 11 is 1.83. The predicted molar refractivity (Wildman–Crippen MR) is 89.0 cm³/mol. The average molecular weight is 301 g/mol. The Morgan fingerprint density at radius 3 is 2.55 bits per heavy atom. The molecule has 0 aromatic heterocycles. The molecule has 2 atom stereocenters. The van der Waals surface area contributed by atoms with E-state index in [1.165, 1.54) is 0 Å². The van der Waals surface area contributed by atoms with Crippen LogP contribution in [0.1, 0.15) is 60.3 Å². The summed E-state index contributed by atoms with van der Waals surface area (Å²) < 4.78 is 0.117. The predicted octanol–water partition coefficient (Wildman–Crippen LogP) is 3.49. The minimum atomic E-state index is 0.0383. The van der Waals surface area contributed by atoms with Crippen molar-refractivity contribution in [2.75, 3.05) is 12.8 Å². The van der Waals surface area contributed by atoms with E-state index in [4.69, 9.17) is 0 Å². The van der Waals surface area contributed by atoms with Gasteiger partial charge in [-0.15, -0.1) is 0 Å². The van der Waals surface area contributed by atoms with Gasteiger partial charge in [0.25, 0.3) is 0 Å². The van der Waals surface area contributed by atoms with Gasteiger partial charge in [-0.1, -0.05) is 33.6 Å². The number of thioether (sulfide) groups is 1. The highest BCUT2D eigenvalue weighted by molar-refractivity contribution is 7.99. The lowest BCUT2D eigenvalue weighted by Crippen LogP contribution is -2.44. The number of hydrogen-bond donors (Lipinski definition) is 1. The van der Waals surface area contributed by atoms with Crippen molar-refractivity contribution in [1.82, 2.24) is 10.2 Å². The maximum atomic E-state index is 12.7. The number of hydrogen-bond acceptors (Lipinski definition) is 3. The average Bonchev–Trinajstić information content (AvgIpc) is 2.64. The van der Waals surface area contributed by atoms with Gasteiger partial charge in [0, 0.05) is 11.3 Å². The summed E-state index contributed by atoms with van der Waals surface area (Å²) in [5, 5.41) is 3.57. The number of rotatable bonds is 8. The molecule has 0 aromatic carbocycles.